The highest BCUT2D eigenvalue weighted by Crippen LogP contribution is 2.12. The molecule has 1 rings (SSSR count). The average Bonchev–Trinajstić information content (AvgIpc) is 2.23. The van der Waals surface area contributed by atoms with Gasteiger partial charge < -0.3 is 15.8 Å². The van der Waals surface area contributed by atoms with Gasteiger partial charge in [-0.25, -0.2) is 0 Å². The third-order valence-corrected chi connectivity index (χ3v) is 2.51. The molecule has 0 radical (unpaired) electrons. The van der Waals surface area contributed by atoms with Crippen LogP contribution in [0.4, 0.5) is 5.69 Å². The van der Waals surface area contributed by atoms with Gasteiger partial charge in [-0.1, -0.05) is 12.1 Å². The first-order chi connectivity index (χ1) is 7.13. The summed E-state index contributed by atoms with van der Waals surface area (Å²) in [6.07, 6.45) is 0.243. The van der Waals surface area contributed by atoms with Crippen LogP contribution in [0.2, 0.25) is 0 Å². The number of benzene rings is 1. The van der Waals surface area contributed by atoms with Gasteiger partial charge in [-0.2, -0.15) is 0 Å². The van der Waals surface area contributed by atoms with Gasteiger partial charge in [-0.3, -0.25) is 0 Å². The third kappa shape index (κ3) is 3.90. The number of nitrogens with one attached hydrogen (secondary N) is 1. The standard InChI is InChI=1S/C12H20N2O/c1-9-4-5-11(6-12(9)13)8-14-7-10(2)15-3/h4-6,10,14H,7-8,13H2,1-3H3. The van der Waals surface area contributed by atoms with Gasteiger partial charge in [0.2, 0.25) is 0 Å². The van der Waals surface area contributed by atoms with Crippen LogP contribution in [0.5, 0.6) is 0 Å². The minimum atomic E-state index is 0.243. The maximum atomic E-state index is 5.83. The van der Waals surface area contributed by atoms with Crippen LogP contribution in [0.1, 0.15) is 18.1 Å². The lowest BCUT2D eigenvalue weighted by atomic mass is 10.1. The van der Waals surface area contributed by atoms with Crippen molar-refractivity contribution < 1.29 is 4.74 Å². The van der Waals surface area contributed by atoms with Crippen LogP contribution in [0, 0.1) is 6.92 Å². The summed E-state index contributed by atoms with van der Waals surface area (Å²) in [6.45, 7) is 5.73. The van der Waals surface area contributed by atoms with Crippen molar-refractivity contribution in [1.82, 2.24) is 5.32 Å². The predicted molar refractivity (Wildman–Crippen MR) is 63.8 cm³/mol. The van der Waals surface area contributed by atoms with E-state index in [2.05, 4.69) is 11.4 Å². The molecular weight excluding hydrogens is 188 g/mol. The molecule has 3 heteroatoms. The summed E-state index contributed by atoms with van der Waals surface area (Å²) in [7, 11) is 1.72. The molecule has 0 aliphatic heterocycles. The van der Waals surface area contributed by atoms with Crippen LogP contribution in [0.3, 0.4) is 0 Å². The van der Waals surface area contributed by atoms with E-state index in [1.54, 1.807) is 7.11 Å². The van der Waals surface area contributed by atoms with Gasteiger partial charge in [-0.15, -0.1) is 0 Å². The number of anilines is 1. The van der Waals surface area contributed by atoms with Crippen molar-refractivity contribution in [1.29, 1.82) is 0 Å². The third-order valence-electron chi connectivity index (χ3n) is 2.51. The van der Waals surface area contributed by atoms with E-state index in [-0.39, 0.29) is 6.10 Å². The molecule has 1 aromatic carbocycles. The SMILES string of the molecule is COC(C)CNCc1ccc(C)c(N)c1. The van der Waals surface area contributed by atoms with Crippen molar-refractivity contribution in [3.8, 4) is 0 Å². The maximum Gasteiger partial charge on any atom is 0.0667 e. The van der Waals surface area contributed by atoms with Crippen molar-refractivity contribution in [2.24, 2.45) is 0 Å². The molecule has 3 nitrogen and oxygen atoms in total. The van der Waals surface area contributed by atoms with Gasteiger partial charge in [0.1, 0.15) is 0 Å². The van der Waals surface area contributed by atoms with Crippen LogP contribution in [-0.4, -0.2) is 19.8 Å². The summed E-state index contributed by atoms with van der Waals surface area (Å²) in [4.78, 5) is 0. The smallest absolute Gasteiger partial charge is 0.0667 e. The number of hydrogen-bond acceptors (Lipinski definition) is 3. The van der Waals surface area contributed by atoms with Crippen molar-refractivity contribution in [3.63, 3.8) is 0 Å². The van der Waals surface area contributed by atoms with Crippen molar-refractivity contribution >= 4 is 5.69 Å². The Morgan fingerprint density at radius 1 is 1.47 bits per heavy atom. The molecule has 0 aliphatic rings. The molecule has 1 aromatic rings. The highest BCUT2D eigenvalue weighted by Gasteiger charge is 1.99. The molecule has 0 aliphatic carbocycles. The van der Waals surface area contributed by atoms with E-state index in [1.807, 2.05) is 26.0 Å². The van der Waals surface area contributed by atoms with Crippen LogP contribution in [-0.2, 0) is 11.3 Å². The molecule has 0 spiro atoms. The van der Waals surface area contributed by atoms with Crippen molar-refractivity contribution in [3.05, 3.63) is 29.3 Å². The van der Waals surface area contributed by atoms with Gasteiger partial charge in [-0.05, 0) is 31.0 Å². The van der Waals surface area contributed by atoms with Crippen molar-refractivity contribution in [2.45, 2.75) is 26.5 Å². The van der Waals surface area contributed by atoms with E-state index in [0.717, 1.165) is 24.3 Å². The van der Waals surface area contributed by atoms with E-state index in [9.17, 15) is 0 Å². The first-order valence-electron chi connectivity index (χ1n) is 5.22. The summed E-state index contributed by atoms with van der Waals surface area (Å²) in [5.74, 6) is 0. The Bertz CT molecular complexity index is 312. The Kier molecular flexibility index (Phi) is 4.59. The van der Waals surface area contributed by atoms with Gasteiger partial charge in [0.25, 0.3) is 0 Å². The summed E-state index contributed by atoms with van der Waals surface area (Å²) in [5, 5.41) is 3.32. The second kappa shape index (κ2) is 5.73. The molecule has 0 saturated heterocycles. The molecular formula is C12H20N2O. The lowest BCUT2D eigenvalue weighted by Crippen LogP contribution is -2.25. The number of aryl methyl sites for hydroxylation is 1. The van der Waals surface area contributed by atoms with Crippen LogP contribution >= 0.6 is 0 Å². The number of nitrogen functional groups attached to an aromatic ring is 1. The molecule has 15 heavy (non-hydrogen) atoms. The second-order valence-electron chi connectivity index (χ2n) is 3.87. The zero-order chi connectivity index (χ0) is 11.3. The summed E-state index contributed by atoms with van der Waals surface area (Å²) in [6, 6.07) is 6.15. The Morgan fingerprint density at radius 3 is 2.80 bits per heavy atom. The van der Waals surface area contributed by atoms with Crippen molar-refractivity contribution in [2.75, 3.05) is 19.4 Å². The second-order valence-corrected chi connectivity index (χ2v) is 3.87. The van der Waals surface area contributed by atoms with Gasteiger partial charge in [0.15, 0.2) is 0 Å². The predicted octanol–water partition coefficient (Wildman–Crippen LogP) is 1.70. The zero-order valence-corrected chi connectivity index (χ0v) is 9.71. The Balaban J connectivity index is 2.41. The van der Waals surface area contributed by atoms with Gasteiger partial charge >= 0.3 is 0 Å². The largest absolute Gasteiger partial charge is 0.399 e. The Morgan fingerprint density at radius 2 is 2.20 bits per heavy atom. The zero-order valence-electron chi connectivity index (χ0n) is 9.71. The molecule has 0 amide bonds. The summed E-state index contributed by atoms with van der Waals surface area (Å²) >= 11 is 0. The van der Waals surface area contributed by atoms with Gasteiger partial charge in [0, 0.05) is 25.9 Å². The first kappa shape index (κ1) is 12.0. The molecule has 0 heterocycles. The number of methoxy groups -OCH3 is 1. The molecule has 1 unspecified atom stereocenters. The molecule has 0 saturated carbocycles. The van der Waals surface area contributed by atoms with Gasteiger partial charge in [0.05, 0.1) is 6.10 Å². The molecule has 84 valence electrons. The normalized spacial score (nSPS) is 12.7. The van der Waals surface area contributed by atoms with Crippen LogP contribution in [0.15, 0.2) is 18.2 Å². The van der Waals surface area contributed by atoms with E-state index in [4.69, 9.17) is 10.5 Å². The van der Waals surface area contributed by atoms with Crippen LogP contribution in [0.25, 0.3) is 0 Å². The molecule has 0 fully saturated rings. The molecule has 3 N–H and O–H groups in total. The molecule has 0 aromatic heterocycles. The van der Waals surface area contributed by atoms with E-state index >= 15 is 0 Å². The van der Waals surface area contributed by atoms with E-state index < -0.39 is 0 Å². The topological polar surface area (TPSA) is 47.3 Å². The fraction of sp³-hybridized carbons (Fsp3) is 0.500. The number of hydrogen-bond donors (Lipinski definition) is 2. The fourth-order valence-corrected chi connectivity index (χ4v) is 1.30. The first-order valence-corrected chi connectivity index (χ1v) is 5.22. The number of ether oxygens (including phenoxy) is 1. The fourth-order valence-electron chi connectivity index (χ4n) is 1.30. The minimum absolute atomic E-state index is 0.243. The lowest BCUT2D eigenvalue weighted by Gasteiger charge is -2.11. The maximum absolute atomic E-state index is 5.83. The average molecular weight is 208 g/mol. The van der Waals surface area contributed by atoms with E-state index in [1.165, 1.54) is 5.56 Å². The minimum Gasteiger partial charge on any atom is -0.399 e. The van der Waals surface area contributed by atoms with Crippen LogP contribution < -0.4 is 11.1 Å². The molecule has 1 atom stereocenters. The quantitative estimate of drug-likeness (QED) is 0.724. The Hall–Kier alpha value is -1.06. The summed E-state index contributed by atoms with van der Waals surface area (Å²) in [5.41, 5.74) is 9.02. The Labute approximate surface area is 91.6 Å². The summed E-state index contributed by atoms with van der Waals surface area (Å²) < 4.78 is 5.14. The highest BCUT2D eigenvalue weighted by molar-refractivity contribution is 5.48. The van der Waals surface area contributed by atoms with E-state index in [0.29, 0.717) is 0 Å². The molecule has 0 bridgehead atoms. The monoisotopic (exact) mass is 208 g/mol. The lowest BCUT2D eigenvalue weighted by molar-refractivity contribution is 0.117. The number of nitrogens with two attached hydrogens (primary N) is 1. The highest BCUT2D eigenvalue weighted by atomic mass is 16.5. The number of rotatable bonds is 5.